The Hall–Kier alpha value is -1.55. The molecule has 1 atom stereocenters. The van der Waals surface area contributed by atoms with Crippen LogP contribution in [0.5, 0.6) is 0 Å². The maximum atomic E-state index is 11.5. The number of hydrogen-bond donors (Lipinski definition) is 0. The Balaban J connectivity index is 2.30. The standard InChI is InChI=1S/C8H9N3O3/c1-14-6(13)8(5(12)10-11-9)4-7(8)2-3-7/h2-4H2,1H3. The molecule has 0 bridgehead atoms. The van der Waals surface area contributed by atoms with E-state index in [2.05, 4.69) is 14.8 Å². The molecule has 0 aliphatic heterocycles. The Bertz CT molecular complexity index is 368. The van der Waals surface area contributed by atoms with Crippen molar-refractivity contribution in [2.45, 2.75) is 19.3 Å². The third kappa shape index (κ3) is 0.834. The van der Waals surface area contributed by atoms with E-state index in [0.29, 0.717) is 6.42 Å². The molecule has 0 aromatic heterocycles. The molecule has 0 saturated heterocycles. The fraction of sp³-hybridized carbons (Fsp3) is 0.750. The van der Waals surface area contributed by atoms with Gasteiger partial charge in [0.1, 0.15) is 5.41 Å². The van der Waals surface area contributed by atoms with Gasteiger partial charge < -0.3 is 4.74 Å². The first-order valence-corrected chi connectivity index (χ1v) is 4.31. The Morgan fingerprint density at radius 3 is 2.50 bits per heavy atom. The predicted octanol–water partition coefficient (Wildman–Crippen LogP) is 1.17. The number of amides is 1. The third-order valence-corrected chi connectivity index (χ3v) is 3.27. The summed E-state index contributed by atoms with van der Waals surface area (Å²) in [5, 5.41) is 3.00. The van der Waals surface area contributed by atoms with Crippen LogP contribution >= 0.6 is 0 Å². The topological polar surface area (TPSA) is 92.1 Å². The van der Waals surface area contributed by atoms with Crippen LogP contribution in [0.1, 0.15) is 19.3 Å². The van der Waals surface area contributed by atoms with Crippen LogP contribution in [0.4, 0.5) is 0 Å². The molecule has 1 unspecified atom stereocenters. The van der Waals surface area contributed by atoms with Crippen LogP contribution in [-0.2, 0) is 14.3 Å². The first-order chi connectivity index (χ1) is 6.63. The Morgan fingerprint density at radius 2 is 2.14 bits per heavy atom. The van der Waals surface area contributed by atoms with Gasteiger partial charge in [-0.3, -0.25) is 9.59 Å². The zero-order chi connectivity index (χ0) is 10.4. The zero-order valence-electron chi connectivity index (χ0n) is 7.69. The molecule has 0 aromatic rings. The van der Waals surface area contributed by atoms with E-state index in [1.165, 1.54) is 7.11 Å². The first kappa shape index (κ1) is 9.02. The number of carbonyl (C=O) groups is 2. The van der Waals surface area contributed by atoms with E-state index in [1.54, 1.807) is 0 Å². The number of azide groups is 1. The van der Waals surface area contributed by atoms with E-state index in [9.17, 15) is 9.59 Å². The van der Waals surface area contributed by atoms with Gasteiger partial charge in [-0.25, -0.2) is 0 Å². The number of methoxy groups -OCH3 is 1. The predicted molar refractivity (Wildman–Crippen MR) is 44.9 cm³/mol. The fourth-order valence-corrected chi connectivity index (χ4v) is 2.20. The molecule has 0 radical (unpaired) electrons. The Labute approximate surface area is 79.9 Å². The van der Waals surface area contributed by atoms with Gasteiger partial charge in [-0.05, 0) is 35.3 Å². The second-order valence-corrected chi connectivity index (χ2v) is 3.85. The van der Waals surface area contributed by atoms with Gasteiger partial charge in [-0.1, -0.05) is 0 Å². The molecule has 2 saturated carbocycles. The van der Waals surface area contributed by atoms with Crippen LogP contribution in [0.25, 0.3) is 10.4 Å². The van der Waals surface area contributed by atoms with Crippen LogP contribution in [0.3, 0.4) is 0 Å². The van der Waals surface area contributed by atoms with Crippen LogP contribution in [0.2, 0.25) is 0 Å². The van der Waals surface area contributed by atoms with Crippen molar-refractivity contribution in [3.05, 3.63) is 10.4 Å². The molecule has 1 spiro atoms. The lowest BCUT2D eigenvalue weighted by Crippen LogP contribution is -2.28. The average Bonchev–Trinajstić information content (AvgIpc) is 3.06. The molecule has 2 fully saturated rings. The lowest BCUT2D eigenvalue weighted by Gasteiger charge is -2.09. The summed E-state index contributed by atoms with van der Waals surface area (Å²) >= 11 is 0. The van der Waals surface area contributed by atoms with Crippen molar-refractivity contribution in [2.75, 3.05) is 7.11 Å². The minimum absolute atomic E-state index is 0.231. The number of hydrogen-bond acceptors (Lipinski definition) is 3. The number of rotatable bonds is 2. The highest BCUT2D eigenvalue weighted by molar-refractivity contribution is 6.08. The van der Waals surface area contributed by atoms with Gasteiger partial charge >= 0.3 is 5.97 Å². The molecule has 0 N–H and O–H groups in total. The molecule has 6 nitrogen and oxygen atoms in total. The van der Waals surface area contributed by atoms with Crippen LogP contribution in [-0.4, -0.2) is 19.0 Å². The average molecular weight is 195 g/mol. The Kier molecular flexibility index (Phi) is 1.60. The maximum Gasteiger partial charge on any atom is 0.320 e. The summed E-state index contributed by atoms with van der Waals surface area (Å²) in [6, 6.07) is 0. The summed E-state index contributed by atoms with van der Waals surface area (Å²) in [4.78, 5) is 25.3. The molecule has 0 aromatic carbocycles. The highest BCUT2D eigenvalue weighted by Gasteiger charge is 2.81. The highest BCUT2D eigenvalue weighted by atomic mass is 16.5. The second kappa shape index (κ2) is 2.48. The normalized spacial score (nSPS) is 30.4. The van der Waals surface area contributed by atoms with Crippen molar-refractivity contribution >= 4 is 11.9 Å². The van der Waals surface area contributed by atoms with E-state index in [4.69, 9.17) is 5.53 Å². The number of ether oxygens (including phenoxy) is 1. The van der Waals surface area contributed by atoms with E-state index in [0.717, 1.165) is 12.8 Å². The van der Waals surface area contributed by atoms with Crippen molar-refractivity contribution in [2.24, 2.45) is 15.9 Å². The molecule has 6 heteroatoms. The van der Waals surface area contributed by atoms with E-state index >= 15 is 0 Å². The first-order valence-electron chi connectivity index (χ1n) is 4.31. The van der Waals surface area contributed by atoms with Gasteiger partial charge in [0.05, 0.1) is 7.11 Å². The van der Waals surface area contributed by atoms with Gasteiger partial charge in [-0.15, -0.1) is 0 Å². The van der Waals surface area contributed by atoms with Crippen LogP contribution < -0.4 is 0 Å². The summed E-state index contributed by atoms with van der Waals surface area (Å²) in [7, 11) is 1.24. The smallest absolute Gasteiger partial charge is 0.320 e. The minimum Gasteiger partial charge on any atom is -0.468 e. The quantitative estimate of drug-likeness (QED) is 0.217. The SMILES string of the molecule is COC(=O)C1(C(=O)N=[N+]=[N-])CC12CC2. The van der Waals surface area contributed by atoms with Crippen molar-refractivity contribution < 1.29 is 14.3 Å². The molecule has 1 amide bonds. The van der Waals surface area contributed by atoms with Gasteiger partial charge in [0.25, 0.3) is 0 Å². The van der Waals surface area contributed by atoms with Gasteiger partial charge in [0, 0.05) is 4.91 Å². The maximum absolute atomic E-state index is 11.5. The lowest BCUT2D eigenvalue weighted by atomic mass is 10.0. The summed E-state index contributed by atoms with van der Waals surface area (Å²) in [5.74, 6) is -1.25. The summed E-state index contributed by atoms with van der Waals surface area (Å²) < 4.78 is 4.58. The van der Waals surface area contributed by atoms with E-state index < -0.39 is 17.3 Å². The van der Waals surface area contributed by atoms with Crippen molar-refractivity contribution in [1.29, 1.82) is 0 Å². The van der Waals surface area contributed by atoms with Gasteiger partial charge in [0.15, 0.2) is 0 Å². The fourth-order valence-electron chi connectivity index (χ4n) is 2.20. The van der Waals surface area contributed by atoms with E-state index in [-0.39, 0.29) is 5.41 Å². The monoisotopic (exact) mass is 195 g/mol. The van der Waals surface area contributed by atoms with Gasteiger partial charge in [-0.2, -0.15) is 0 Å². The highest BCUT2D eigenvalue weighted by Crippen LogP contribution is 2.79. The zero-order valence-corrected chi connectivity index (χ0v) is 7.69. The summed E-state index contributed by atoms with van der Waals surface area (Å²) in [6.07, 6.45) is 2.16. The molecule has 2 rings (SSSR count). The lowest BCUT2D eigenvalue weighted by molar-refractivity contribution is -0.152. The molecule has 2 aliphatic carbocycles. The van der Waals surface area contributed by atoms with Crippen molar-refractivity contribution in [1.82, 2.24) is 0 Å². The molecule has 2 aliphatic rings. The van der Waals surface area contributed by atoms with Gasteiger partial charge in [0.2, 0.25) is 5.91 Å². The molecular formula is C8H9N3O3. The van der Waals surface area contributed by atoms with Crippen molar-refractivity contribution in [3.8, 4) is 0 Å². The molecular weight excluding hydrogens is 186 g/mol. The second-order valence-electron chi connectivity index (χ2n) is 3.85. The summed E-state index contributed by atoms with van der Waals surface area (Å²) in [5.41, 5.74) is 6.78. The van der Waals surface area contributed by atoms with Crippen LogP contribution in [0.15, 0.2) is 5.11 Å². The Morgan fingerprint density at radius 1 is 1.50 bits per heavy atom. The molecule has 14 heavy (non-hydrogen) atoms. The van der Waals surface area contributed by atoms with Crippen LogP contribution in [0, 0.1) is 10.8 Å². The number of esters is 1. The number of carbonyl (C=O) groups excluding carboxylic acids is 2. The molecule has 74 valence electrons. The summed E-state index contributed by atoms with van der Waals surface area (Å²) in [6.45, 7) is 0. The number of nitrogens with zero attached hydrogens (tertiary/aromatic N) is 3. The minimum atomic E-state index is -1.14. The third-order valence-electron chi connectivity index (χ3n) is 3.27. The molecule has 0 heterocycles. The van der Waals surface area contributed by atoms with E-state index in [1.807, 2.05) is 0 Å². The van der Waals surface area contributed by atoms with Crippen molar-refractivity contribution in [3.63, 3.8) is 0 Å². The largest absolute Gasteiger partial charge is 0.468 e.